The van der Waals surface area contributed by atoms with Gasteiger partial charge in [0.2, 0.25) is 0 Å². The Labute approximate surface area is 187 Å². The third-order valence-electron chi connectivity index (χ3n) is 5.50. The van der Waals surface area contributed by atoms with Crippen LogP contribution in [0.4, 0.5) is 0 Å². The van der Waals surface area contributed by atoms with E-state index >= 15 is 0 Å². The van der Waals surface area contributed by atoms with Crippen LogP contribution in [0.2, 0.25) is 0 Å². The van der Waals surface area contributed by atoms with Crippen molar-refractivity contribution in [2.24, 2.45) is 7.05 Å². The summed E-state index contributed by atoms with van der Waals surface area (Å²) in [4.78, 5) is 44.1. The number of rotatable bonds is 4. The first-order chi connectivity index (χ1) is 15.1. The summed E-state index contributed by atoms with van der Waals surface area (Å²) in [6.07, 6.45) is 0. The van der Waals surface area contributed by atoms with Crippen LogP contribution in [0.1, 0.15) is 33.3 Å². The molecule has 0 radical (unpaired) electrons. The van der Waals surface area contributed by atoms with E-state index in [0.717, 1.165) is 16.7 Å². The molecule has 0 atom stereocenters. The van der Waals surface area contributed by atoms with Crippen molar-refractivity contribution in [3.63, 3.8) is 0 Å². The zero-order valence-electron chi connectivity index (χ0n) is 18.4. The predicted octanol–water partition coefficient (Wildman–Crippen LogP) is 3.76. The molecule has 0 unspecified atom stereocenters. The van der Waals surface area contributed by atoms with E-state index in [1.165, 1.54) is 15.9 Å². The fourth-order valence-corrected chi connectivity index (χ4v) is 4.98. The molecular formula is C23H23N3O5S. The number of H-pyrrole nitrogens is 2. The molecular weight excluding hydrogens is 430 g/mol. The van der Waals surface area contributed by atoms with Gasteiger partial charge in [-0.2, -0.15) is 0 Å². The summed E-state index contributed by atoms with van der Waals surface area (Å²) < 4.78 is 6.42. The number of fused-ring (bicyclic) bond motifs is 1. The van der Waals surface area contributed by atoms with Gasteiger partial charge < -0.3 is 14.8 Å². The highest BCUT2D eigenvalue weighted by Gasteiger charge is 2.29. The zero-order chi connectivity index (χ0) is 23.3. The largest absolute Gasteiger partial charge is 0.505 e. The smallest absolute Gasteiger partial charge is 0.343 e. The van der Waals surface area contributed by atoms with E-state index in [-0.39, 0.29) is 23.3 Å². The number of ether oxygens (including phenoxy) is 1. The number of hydrogen-bond donors (Lipinski definition) is 3. The summed E-state index contributed by atoms with van der Waals surface area (Å²) in [6, 6.07) is 5.92. The van der Waals surface area contributed by atoms with Gasteiger partial charge in [-0.15, -0.1) is 11.3 Å². The Hall–Kier alpha value is -3.59. The molecule has 3 heterocycles. The van der Waals surface area contributed by atoms with Gasteiger partial charge in [0.1, 0.15) is 17.0 Å². The van der Waals surface area contributed by atoms with Gasteiger partial charge in [-0.3, -0.25) is 14.3 Å². The summed E-state index contributed by atoms with van der Waals surface area (Å²) >= 11 is 1.19. The Morgan fingerprint density at radius 3 is 2.59 bits per heavy atom. The van der Waals surface area contributed by atoms with Crippen LogP contribution in [0, 0.1) is 20.8 Å². The van der Waals surface area contributed by atoms with Gasteiger partial charge in [0, 0.05) is 23.1 Å². The van der Waals surface area contributed by atoms with Gasteiger partial charge in [0.15, 0.2) is 0 Å². The topological polar surface area (TPSA) is 117 Å². The average molecular weight is 454 g/mol. The molecule has 1 aromatic carbocycles. The highest BCUT2D eigenvalue weighted by molar-refractivity contribution is 7.16. The van der Waals surface area contributed by atoms with Crippen molar-refractivity contribution in [3.05, 3.63) is 60.6 Å². The first-order valence-electron chi connectivity index (χ1n) is 10.1. The maximum Gasteiger partial charge on any atom is 0.343 e. The molecule has 3 aromatic heterocycles. The molecule has 9 heteroatoms. The molecule has 4 aromatic rings. The van der Waals surface area contributed by atoms with E-state index in [0.29, 0.717) is 26.7 Å². The maximum atomic E-state index is 12.9. The highest BCUT2D eigenvalue weighted by Crippen LogP contribution is 2.48. The second-order valence-corrected chi connectivity index (χ2v) is 8.89. The average Bonchev–Trinajstić information content (AvgIpc) is 3.26. The number of nitrogens with zero attached hydrogens (tertiary/aromatic N) is 1. The second kappa shape index (κ2) is 7.83. The van der Waals surface area contributed by atoms with Crippen molar-refractivity contribution in [3.8, 4) is 27.4 Å². The highest BCUT2D eigenvalue weighted by atomic mass is 32.1. The van der Waals surface area contributed by atoms with Crippen molar-refractivity contribution < 1.29 is 14.6 Å². The molecule has 0 bridgehead atoms. The molecule has 166 valence electrons. The van der Waals surface area contributed by atoms with Crippen LogP contribution in [0.15, 0.2) is 27.8 Å². The van der Waals surface area contributed by atoms with Crippen LogP contribution in [0.25, 0.3) is 32.7 Å². The summed E-state index contributed by atoms with van der Waals surface area (Å²) in [6.45, 7) is 7.48. The van der Waals surface area contributed by atoms with E-state index in [9.17, 15) is 19.5 Å². The van der Waals surface area contributed by atoms with Crippen molar-refractivity contribution in [1.29, 1.82) is 0 Å². The van der Waals surface area contributed by atoms with E-state index in [1.807, 2.05) is 32.0 Å². The molecule has 0 aliphatic carbocycles. The minimum Gasteiger partial charge on any atom is -0.505 e. The fourth-order valence-electron chi connectivity index (χ4n) is 3.88. The molecule has 4 rings (SSSR count). The molecule has 0 saturated heterocycles. The monoisotopic (exact) mass is 453 g/mol. The number of aryl methyl sites for hydroxylation is 4. The lowest BCUT2D eigenvalue weighted by Crippen LogP contribution is -2.28. The van der Waals surface area contributed by atoms with Gasteiger partial charge >= 0.3 is 11.7 Å². The molecule has 0 spiro atoms. The molecule has 3 N–H and O–H groups in total. The van der Waals surface area contributed by atoms with Crippen LogP contribution in [-0.2, 0) is 11.8 Å². The van der Waals surface area contributed by atoms with Crippen LogP contribution in [-0.4, -0.2) is 32.2 Å². The minimum atomic E-state index is -0.626. The van der Waals surface area contributed by atoms with Gasteiger partial charge in [-0.05, 0) is 39.3 Å². The molecule has 0 amide bonds. The van der Waals surface area contributed by atoms with E-state index < -0.39 is 17.2 Å². The number of esters is 1. The fraction of sp³-hybridized carbons (Fsp3) is 0.261. The quantitative estimate of drug-likeness (QED) is 0.407. The Balaban J connectivity index is 2.16. The van der Waals surface area contributed by atoms with Crippen molar-refractivity contribution >= 4 is 28.3 Å². The summed E-state index contributed by atoms with van der Waals surface area (Å²) in [5, 5.41) is 11.3. The van der Waals surface area contributed by atoms with Gasteiger partial charge in [0.05, 0.1) is 22.6 Å². The second-order valence-electron chi connectivity index (χ2n) is 7.67. The van der Waals surface area contributed by atoms with Crippen molar-refractivity contribution in [1.82, 2.24) is 14.5 Å². The number of thiophene rings is 1. The first kappa shape index (κ1) is 21.6. The lowest BCUT2D eigenvalue weighted by molar-refractivity contribution is 0.0523. The molecule has 32 heavy (non-hydrogen) atoms. The van der Waals surface area contributed by atoms with Crippen LogP contribution < -0.4 is 11.2 Å². The lowest BCUT2D eigenvalue weighted by Gasteiger charge is -2.09. The standard InChI is InChI=1S/C23H23N3O5S/c1-6-31-22(29)14-12(4)32-19(18(14)27)15-16-20(26(5)23(30)25-21(16)28)24-17(15)13-9-10(2)7-8-11(13)3/h7-9,24,27H,6H2,1-5H3,(H,25,28,30). The maximum absolute atomic E-state index is 12.9. The number of carbonyl (C=O) groups excluding carboxylic acids is 1. The third kappa shape index (κ3) is 3.25. The van der Waals surface area contributed by atoms with Crippen molar-refractivity contribution in [2.45, 2.75) is 27.7 Å². The Kier molecular flexibility index (Phi) is 5.29. The number of carbonyl (C=O) groups is 1. The number of nitrogens with one attached hydrogen (secondary N) is 2. The van der Waals surface area contributed by atoms with E-state index in [4.69, 9.17) is 4.74 Å². The Morgan fingerprint density at radius 2 is 1.91 bits per heavy atom. The lowest BCUT2D eigenvalue weighted by atomic mass is 9.98. The van der Waals surface area contributed by atoms with Crippen LogP contribution >= 0.6 is 11.3 Å². The first-order valence-corrected chi connectivity index (χ1v) is 10.9. The Morgan fingerprint density at radius 1 is 1.19 bits per heavy atom. The van der Waals surface area contributed by atoms with Crippen molar-refractivity contribution in [2.75, 3.05) is 6.61 Å². The zero-order valence-corrected chi connectivity index (χ0v) is 19.2. The number of hydrogen-bond acceptors (Lipinski definition) is 6. The normalized spacial score (nSPS) is 11.3. The SMILES string of the molecule is CCOC(=O)c1c(C)sc(-c2c(-c3cc(C)ccc3C)[nH]c3c2c(=O)[nH]c(=O)n3C)c1O. The van der Waals surface area contributed by atoms with E-state index in [2.05, 4.69) is 9.97 Å². The summed E-state index contributed by atoms with van der Waals surface area (Å²) in [5.74, 6) is -0.869. The van der Waals surface area contributed by atoms with E-state index in [1.54, 1.807) is 20.9 Å². The molecule has 0 fully saturated rings. The summed E-state index contributed by atoms with van der Waals surface area (Å²) in [5.41, 5.74) is 3.08. The third-order valence-corrected chi connectivity index (χ3v) is 6.61. The number of aromatic hydroxyl groups is 1. The molecule has 8 nitrogen and oxygen atoms in total. The number of benzene rings is 1. The predicted molar refractivity (Wildman–Crippen MR) is 125 cm³/mol. The number of aromatic nitrogens is 3. The molecule has 0 aliphatic rings. The minimum absolute atomic E-state index is 0.0781. The van der Waals surface area contributed by atoms with Crippen LogP contribution in [0.3, 0.4) is 0 Å². The van der Waals surface area contributed by atoms with Gasteiger partial charge in [0.25, 0.3) is 5.56 Å². The summed E-state index contributed by atoms with van der Waals surface area (Å²) in [7, 11) is 1.55. The van der Waals surface area contributed by atoms with Gasteiger partial charge in [-0.1, -0.05) is 17.7 Å². The Bertz CT molecular complexity index is 1500. The van der Waals surface area contributed by atoms with Crippen LogP contribution in [0.5, 0.6) is 5.75 Å². The van der Waals surface area contributed by atoms with Gasteiger partial charge in [-0.25, -0.2) is 9.59 Å². The number of aromatic amines is 2. The molecule has 0 saturated carbocycles. The molecule has 0 aliphatic heterocycles.